The third-order valence-corrected chi connectivity index (χ3v) is 4.56. The smallest absolute Gasteiger partial charge is 0.387 e. The maximum Gasteiger partial charge on any atom is 0.387 e. The molecule has 0 radical (unpaired) electrons. The van der Waals surface area contributed by atoms with Crippen molar-refractivity contribution in [3.63, 3.8) is 0 Å². The molecule has 2 N–H and O–H groups in total. The molecule has 1 aromatic carbocycles. The predicted octanol–water partition coefficient (Wildman–Crippen LogP) is 4.36. The molecule has 0 saturated carbocycles. The molecule has 0 aliphatic heterocycles. The molecule has 0 bridgehead atoms. The summed E-state index contributed by atoms with van der Waals surface area (Å²) in [6.07, 6.45) is 0. The SMILES string of the molecule is CN=C(NCc1ccc(OC)c(OC(F)F)c1)NCc1nc(C(C)C)cs1.I. The van der Waals surface area contributed by atoms with Gasteiger partial charge in [-0.25, -0.2) is 4.98 Å². The maximum absolute atomic E-state index is 12.5. The van der Waals surface area contributed by atoms with Gasteiger partial charge in [0.25, 0.3) is 0 Å². The number of halogens is 3. The highest BCUT2D eigenvalue weighted by atomic mass is 127. The molecule has 0 aliphatic carbocycles. The van der Waals surface area contributed by atoms with Crippen LogP contribution in [0.4, 0.5) is 8.78 Å². The fourth-order valence-electron chi connectivity index (χ4n) is 2.26. The number of alkyl halides is 2. The molecular formula is C18H25F2IN4O2S. The Morgan fingerprint density at radius 2 is 1.93 bits per heavy atom. The minimum absolute atomic E-state index is 0. The van der Waals surface area contributed by atoms with Gasteiger partial charge in [0, 0.05) is 19.0 Å². The first-order chi connectivity index (χ1) is 12.9. The highest BCUT2D eigenvalue weighted by Gasteiger charge is 2.12. The number of benzene rings is 1. The monoisotopic (exact) mass is 526 g/mol. The number of aromatic nitrogens is 1. The largest absolute Gasteiger partial charge is 0.493 e. The van der Waals surface area contributed by atoms with Gasteiger partial charge in [0.2, 0.25) is 0 Å². The lowest BCUT2D eigenvalue weighted by atomic mass is 10.2. The van der Waals surface area contributed by atoms with Crippen LogP contribution in [-0.2, 0) is 13.1 Å². The summed E-state index contributed by atoms with van der Waals surface area (Å²) in [5.74, 6) is 1.24. The highest BCUT2D eigenvalue weighted by Crippen LogP contribution is 2.29. The standard InChI is InChI=1S/C18H24F2N4O2S.HI/c1-11(2)13-10-27-16(24-13)9-23-18(21-3)22-8-12-5-6-14(25-4)15(7-12)26-17(19)20;/h5-7,10-11,17H,8-9H2,1-4H3,(H2,21,22,23);1H. The summed E-state index contributed by atoms with van der Waals surface area (Å²) < 4.78 is 34.6. The second-order valence-electron chi connectivity index (χ2n) is 5.96. The first-order valence-electron chi connectivity index (χ1n) is 8.43. The van der Waals surface area contributed by atoms with Crippen molar-refractivity contribution in [3.05, 3.63) is 39.8 Å². The molecule has 0 spiro atoms. The summed E-state index contributed by atoms with van der Waals surface area (Å²) in [6.45, 7) is 2.24. The van der Waals surface area contributed by atoms with Crippen LogP contribution in [0.15, 0.2) is 28.6 Å². The molecule has 2 aromatic rings. The second kappa shape index (κ2) is 12.0. The van der Waals surface area contributed by atoms with Gasteiger partial charge in [0.15, 0.2) is 17.5 Å². The molecular weight excluding hydrogens is 501 g/mol. The van der Waals surface area contributed by atoms with Crippen molar-refractivity contribution in [1.82, 2.24) is 15.6 Å². The van der Waals surface area contributed by atoms with Crippen molar-refractivity contribution < 1.29 is 18.3 Å². The van der Waals surface area contributed by atoms with Gasteiger partial charge in [-0.3, -0.25) is 4.99 Å². The Bertz CT molecular complexity index is 772. The summed E-state index contributed by atoms with van der Waals surface area (Å²) in [4.78, 5) is 8.72. The van der Waals surface area contributed by atoms with E-state index in [0.717, 1.165) is 16.3 Å². The number of guanidine groups is 1. The molecule has 156 valence electrons. The number of nitrogens with zero attached hydrogens (tertiary/aromatic N) is 2. The van der Waals surface area contributed by atoms with E-state index in [-0.39, 0.29) is 35.5 Å². The normalized spacial score (nSPS) is 11.4. The third-order valence-electron chi connectivity index (χ3n) is 3.70. The van der Waals surface area contributed by atoms with Gasteiger partial charge in [0.1, 0.15) is 5.01 Å². The summed E-state index contributed by atoms with van der Waals surface area (Å²) in [6, 6.07) is 4.88. The van der Waals surface area contributed by atoms with Gasteiger partial charge < -0.3 is 20.1 Å². The summed E-state index contributed by atoms with van der Waals surface area (Å²) >= 11 is 1.60. The average Bonchev–Trinajstić information content (AvgIpc) is 3.11. The average molecular weight is 526 g/mol. The van der Waals surface area contributed by atoms with Crippen molar-refractivity contribution in [2.75, 3.05) is 14.2 Å². The summed E-state index contributed by atoms with van der Waals surface area (Å²) in [5, 5.41) is 9.35. The molecule has 10 heteroatoms. The Hall–Kier alpha value is -1.69. The Balaban J connectivity index is 0.00000392. The topological polar surface area (TPSA) is 67.8 Å². The van der Waals surface area contributed by atoms with Crippen LogP contribution < -0.4 is 20.1 Å². The van der Waals surface area contributed by atoms with E-state index in [0.29, 0.717) is 25.0 Å². The zero-order chi connectivity index (χ0) is 19.8. The molecule has 1 heterocycles. The third kappa shape index (κ3) is 7.38. The maximum atomic E-state index is 12.5. The number of rotatable bonds is 8. The minimum atomic E-state index is -2.91. The zero-order valence-corrected chi connectivity index (χ0v) is 19.3. The molecule has 28 heavy (non-hydrogen) atoms. The number of ether oxygens (including phenoxy) is 2. The van der Waals surface area contributed by atoms with Crippen LogP contribution in [0.2, 0.25) is 0 Å². The van der Waals surface area contributed by atoms with Gasteiger partial charge in [-0.2, -0.15) is 8.78 Å². The second-order valence-corrected chi connectivity index (χ2v) is 6.91. The van der Waals surface area contributed by atoms with Crippen LogP contribution in [0.5, 0.6) is 11.5 Å². The van der Waals surface area contributed by atoms with Crippen LogP contribution >= 0.6 is 35.3 Å². The van der Waals surface area contributed by atoms with Crippen LogP contribution in [0, 0.1) is 0 Å². The van der Waals surface area contributed by atoms with Gasteiger partial charge in [0.05, 0.1) is 19.3 Å². The van der Waals surface area contributed by atoms with Crippen molar-refractivity contribution in [1.29, 1.82) is 0 Å². The first-order valence-corrected chi connectivity index (χ1v) is 9.31. The fourth-order valence-corrected chi connectivity index (χ4v) is 3.15. The number of hydrogen-bond acceptors (Lipinski definition) is 5. The van der Waals surface area contributed by atoms with Crippen LogP contribution in [0.1, 0.15) is 36.0 Å². The van der Waals surface area contributed by atoms with Crippen LogP contribution in [0.25, 0.3) is 0 Å². The fraction of sp³-hybridized carbons (Fsp3) is 0.444. The predicted molar refractivity (Wildman–Crippen MR) is 118 cm³/mol. The van der Waals surface area contributed by atoms with E-state index in [1.807, 2.05) is 0 Å². The van der Waals surface area contributed by atoms with Gasteiger partial charge in [-0.05, 0) is 23.6 Å². The van der Waals surface area contributed by atoms with Crippen molar-refractivity contribution in [2.45, 2.75) is 39.5 Å². The van der Waals surface area contributed by atoms with Gasteiger partial charge in [-0.15, -0.1) is 35.3 Å². The number of hydrogen-bond donors (Lipinski definition) is 2. The van der Waals surface area contributed by atoms with E-state index in [4.69, 9.17) is 4.74 Å². The van der Waals surface area contributed by atoms with Crippen molar-refractivity contribution in [2.24, 2.45) is 4.99 Å². The van der Waals surface area contributed by atoms with E-state index in [2.05, 4.69) is 44.6 Å². The molecule has 0 unspecified atom stereocenters. The molecule has 6 nitrogen and oxygen atoms in total. The van der Waals surface area contributed by atoms with Crippen molar-refractivity contribution >= 4 is 41.3 Å². The molecule has 0 fully saturated rings. The number of aliphatic imine (C=N–C) groups is 1. The molecule has 2 rings (SSSR count). The Morgan fingerprint density at radius 3 is 2.50 bits per heavy atom. The van der Waals surface area contributed by atoms with E-state index in [9.17, 15) is 8.78 Å². The minimum Gasteiger partial charge on any atom is -0.493 e. The first kappa shape index (κ1) is 24.3. The highest BCUT2D eigenvalue weighted by molar-refractivity contribution is 14.0. The number of nitrogens with one attached hydrogen (secondary N) is 2. The van der Waals surface area contributed by atoms with E-state index in [1.54, 1.807) is 30.5 Å². The van der Waals surface area contributed by atoms with Crippen molar-refractivity contribution in [3.8, 4) is 11.5 Å². The lowest BCUT2D eigenvalue weighted by Crippen LogP contribution is -2.36. The zero-order valence-electron chi connectivity index (χ0n) is 16.2. The lowest BCUT2D eigenvalue weighted by Gasteiger charge is -2.14. The van der Waals surface area contributed by atoms with E-state index in [1.165, 1.54) is 13.2 Å². The Morgan fingerprint density at radius 1 is 1.21 bits per heavy atom. The molecule has 0 aliphatic rings. The Labute approximate surface area is 184 Å². The van der Waals surface area contributed by atoms with Crippen LogP contribution in [0.3, 0.4) is 0 Å². The van der Waals surface area contributed by atoms with E-state index < -0.39 is 6.61 Å². The van der Waals surface area contributed by atoms with Crippen LogP contribution in [-0.4, -0.2) is 31.7 Å². The molecule has 0 saturated heterocycles. The number of methoxy groups -OCH3 is 1. The van der Waals surface area contributed by atoms with Gasteiger partial charge >= 0.3 is 6.61 Å². The number of thiazole rings is 1. The quantitative estimate of drug-likeness (QED) is 0.304. The van der Waals surface area contributed by atoms with Gasteiger partial charge in [-0.1, -0.05) is 19.9 Å². The molecule has 1 aromatic heterocycles. The summed E-state index contributed by atoms with van der Waals surface area (Å²) in [7, 11) is 3.07. The summed E-state index contributed by atoms with van der Waals surface area (Å²) in [5.41, 5.74) is 1.83. The molecule has 0 amide bonds. The lowest BCUT2D eigenvalue weighted by molar-refractivity contribution is -0.0512. The molecule has 0 atom stereocenters. The Kier molecular flexibility index (Phi) is 10.4. The van der Waals surface area contributed by atoms with E-state index >= 15 is 0 Å².